The minimum absolute atomic E-state index is 0. The molecule has 3 nitrogen and oxygen atoms in total. The Balaban J connectivity index is -0.00000162. The predicted molar refractivity (Wildman–Crippen MR) is 70.2 cm³/mol. The molecule has 0 aliphatic carbocycles. The molecule has 0 rings (SSSR count). The van der Waals surface area contributed by atoms with Crippen LogP contribution in [0.2, 0.25) is 0 Å². The van der Waals surface area contributed by atoms with E-state index >= 15 is 0 Å². The fraction of sp³-hybridized carbons (Fsp3) is 1.00. The average Bonchev–Trinajstić information content (AvgIpc) is 2.30. The second-order valence-corrected chi connectivity index (χ2v) is 6.23. The summed E-state index contributed by atoms with van der Waals surface area (Å²) in [5.74, 6) is -1.18. The van der Waals surface area contributed by atoms with Crippen LogP contribution < -0.4 is 18.9 Å². The monoisotopic (exact) mass is 312 g/mol. The van der Waals surface area contributed by atoms with Crippen molar-refractivity contribution in [3.8, 4) is 0 Å². The Morgan fingerprint density at radius 2 is 1.35 bits per heavy atom. The summed E-state index contributed by atoms with van der Waals surface area (Å²) < 4.78 is 67.2. The van der Waals surface area contributed by atoms with Gasteiger partial charge in [-0.05, 0) is 12.8 Å². The van der Waals surface area contributed by atoms with Gasteiger partial charge in [-0.3, -0.25) is 8.94 Å². The molecule has 0 heterocycles. The third-order valence-electron chi connectivity index (χ3n) is 2.88. The van der Waals surface area contributed by atoms with Crippen LogP contribution in [0.3, 0.4) is 0 Å². The van der Waals surface area contributed by atoms with E-state index in [1.54, 1.807) is 0 Å². The van der Waals surface area contributed by atoms with E-state index in [4.69, 9.17) is 4.55 Å². The quantitative estimate of drug-likeness (QED) is 0.329. The molecule has 2 unspecified atom stereocenters. The van der Waals surface area contributed by atoms with Gasteiger partial charge in [-0.15, -0.1) is 0 Å². The van der Waals surface area contributed by atoms with E-state index in [2.05, 4.69) is 0 Å². The van der Waals surface area contributed by atoms with E-state index in [1.165, 1.54) is 0 Å². The van der Waals surface area contributed by atoms with Crippen molar-refractivity contribution >= 4 is 10.1 Å². The average molecular weight is 312 g/mol. The molecule has 8 heteroatoms. The van der Waals surface area contributed by atoms with Crippen LogP contribution in [0.1, 0.15) is 52.8 Å². The molecule has 0 aliphatic heterocycles. The molecule has 0 radical (unpaired) electrons. The van der Waals surface area contributed by atoms with Crippen LogP contribution in [0.15, 0.2) is 0 Å². The first kappa shape index (κ1) is 22.6. The largest absolute Gasteiger partial charge is 1.00 e. The van der Waals surface area contributed by atoms with Crippen molar-refractivity contribution in [1.82, 2.24) is 0 Å². The molecule has 1 N–H and O–H groups in total. The molecule has 0 aromatic carbocycles. The van der Waals surface area contributed by atoms with Crippen LogP contribution in [-0.4, -0.2) is 37.7 Å². The topological polar surface area (TPSA) is 54.4 Å². The fourth-order valence-corrected chi connectivity index (χ4v) is 2.42. The Hall–Kier alpha value is 0.297. The third kappa shape index (κ3) is 14.7. The summed E-state index contributed by atoms with van der Waals surface area (Å²) >= 11 is 0. The number of alkyl halides is 3. The normalized spacial score (nSPS) is 14.6. The molecular formula is C12H24F3LiO3S. The summed E-state index contributed by atoms with van der Waals surface area (Å²) in [6.07, 6.45) is 1.36. The van der Waals surface area contributed by atoms with Crippen molar-refractivity contribution in [1.29, 1.82) is 0 Å². The summed E-state index contributed by atoms with van der Waals surface area (Å²) in [7, 11) is -4.46. The molecule has 2 atom stereocenters. The molecule has 20 heavy (non-hydrogen) atoms. The summed E-state index contributed by atoms with van der Waals surface area (Å²) in [6, 6.07) is 0. The molecule has 0 aromatic rings. The molecule has 0 saturated carbocycles. The van der Waals surface area contributed by atoms with Gasteiger partial charge in [0.05, 0.1) is 6.67 Å². The van der Waals surface area contributed by atoms with Gasteiger partial charge < -0.3 is 1.43 Å². The number of unbranched alkanes of at least 4 members (excludes halogenated alkanes) is 6. The van der Waals surface area contributed by atoms with Crippen molar-refractivity contribution in [3.05, 3.63) is 0 Å². The van der Waals surface area contributed by atoms with Crippen LogP contribution in [0.5, 0.6) is 0 Å². The van der Waals surface area contributed by atoms with E-state index in [0.717, 1.165) is 32.1 Å². The molecule has 0 aliphatic rings. The van der Waals surface area contributed by atoms with Crippen LogP contribution in [-0.2, 0) is 10.1 Å². The molecule has 0 aromatic heterocycles. The maximum atomic E-state index is 13.2. The predicted octanol–water partition coefficient (Wildman–Crippen LogP) is 0.757. The number of hydrogen-bond donors (Lipinski definition) is 1. The smallest absolute Gasteiger partial charge is 1.00 e. The van der Waals surface area contributed by atoms with Crippen LogP contribution >= 0.6 is 0 Å². The second-order valence-electron chi connectivity index (χ2n) is 4.73. The van der Waals surface area contributed by atoms with Gasteiger partial charge in [0.15, 0.2) is 0 Å². The van der Waals surface area contributed by atoms with Gasteiger partial charge in [0, 0.05) is 0 Å². The zero-order valence-electron chi connectivity index (χ0n) is 13.0. The zero-order valence-corrected chi connectivity index (χ0v) is 12.8. The first-order chi connectivity index (χ1) is 8.87. The van der Waals surface area contributed by atoms with Gasteiger partial charge in [-0.25, -0.2) is 8.78 Å². The molecule has 0 saturated heterocycles. The van der Waals surface area contributed by atoms with Gasteiger partial charge in [0.25, 0.3) is 10.1 Å². The number of halogens is 3. The Labute approximate surface area is 133 Å². The second kappa shape index (κ2) is 13.0. The van der Waals surface area contributed by atoms with Crippen LogP contribution in [0.25, 0.3) is 0 Å². The number of rotatable bonds is 12. The first-order valence-corrected chi connectivity index (χ1v) is 8.27. The van der Waals surface area contributed by atoms with Crippen LogP contribution in [0.4, 0.5) is 13.2 Å². The summed E-state index contributed by atoms with van der Waals surface area (Å²) in [6.45, 7) is -0.296. The summed E-state index contributed by atoms with van der Waals surface area (Å²) in [5.41, 5.74) is 0. The standard InChI is InChI=1S/C12H23F3O3S.Li.H/c13-9-7-5-3-1-2-4-6-8-11(14)12(15)10-19(16,17)18;;/h11-12H,1-10H2,(H,16,17,18);;/q;+1;-1. The first-order valence-electron chi connectivity index (χ1n) is 6.66. The van der Waals surface area contributed by atoms with E-state index in [9.17, 15) is 21.6 Å². The third-order valence-corrected chi connectivity index (χ3v) is 3.62. The minimum Gasteiger partial charge on any atom is -1.00 e. The maximum Gasteiger partial charge on any atom is 1.00 e. The van der Waals surface area contributed by atoms with Crippen molar-refractivity contribution in [3.63, 3.8) is 0 Å². The zero-order chi connectivity index (χ0) is 14.7. The van der Waals surface area contributed by atoms with E-state index in [1.807, 2.05) is 0 Å². The molecule has 0 fully saturated rings. The van der Waals surface area contributed by atoms with Gasteiger partial charge in [0.2, 0.25) is 0 Å². The van der Waals surface area contributed by atoms with Crippen LogP contribution in [0, 0.1) is 0 Å². The molecule has 0 amide bonds. The summed E-state index contributed by atoms with van der Waals surface area (Å²) in [4.78, 5) is 0. The van der Waals surface area contributed by atoms with Crippen molar-refractivity contribution in [2.45, 2.75) is 63.7 Å². The minimum atomic E-state index is -4.46. The Kier molecular flexibility index (Phi) is 14.7. The maximum absolute atomic E-state index is 13.2. The SMILES string of the molecule is O=S(=O)(O)CC(F)C(F)CCCCCCCCCF.[H-].[Li+]. The van der Waals surface area contributed by atoms with Crippen molar-refractivity contribution in [2.24, 2.45) is 0 Å². The Morgan fingerprint density at radius 1 is 0.900 bits per heavy atom. The Morgan fingerprint density at radius 3 is 1.80 bits per heavy atom. The van der Waals surface area contributed by atoms with Gasteiger partial charge in [-0.2, -0.15) is 8.42 Å². The van der Waals surface area contributed by atoms with E-state index in [-0.39, 0.29) is 33.4 Å². The van der Waals surface area contributed by atoms with Gasteiger partial charge in [0.1, 0.15) is 18.1 Å². The molecule has 0 bridgehead atoms. The summed E-state index contributed by atoms with van der Waals surface area (Å²) in [5, 5.41) is 0. The van der Waals surface area contributed by atoms with E-state index in [0.29, 0.717) is 12.8 Å². The molecule has 0 spiro atoms. The fourth-order valence-electron chi connectivity index (χ4n) is 1.80. The van der Waals surface area contributed by atoms with Gasteiger partial charge in [-0.1, -0.05) is 38.5 Å². The Bertz CT molecular complexity index is 321. The molecule has 118 valence electrons. The van der Waals surface area contributed by atoms with Gasteiger partial charge >= 0.3 is 18.9 Å². The van der Waals surface area contributed by atoms with Crippen molar-refractivity contribution in [2.75, 3.05) is 12.4 Å². The number of hydrogen-bond acceptors (Lipinski definition) is 2. The molecular weight excluding hydrogens is 288 g/mol. The van der Waals surface area contributed by atoms with Crippen molar-refractivity contribution < 1.29 is 46.4 Å². The van der Waals surface area contributed by atoms with E-state index < -0.39 is 28.2 Å².